The number of nitrogens with zero attached hydrogens (tertiary/aromatic N) is 1. The first-order valence-corrected chi connectivity index (χ1v) is 16.9. The van der Waals surface area contributed by atoms with Crippen molar-refractivity contribution in [1.29, 1.82) is 0 Å². The molecule has 45 heavy (non-hydrogen) atoms. The average Bonchev–Trinajstić information content (AvgIpc) is 3.03. The number of anilines is 1. The number of carboxylic acids is 1. The van der Waals surface area contributed by atoms with Crippen LogP contribution in [-0.2, 0) is 40.1 Å². The molecule has 0 spiro atoms. The van der Waals surface area contributed by atoms with Gasteiger partial charge in [-0.25, -0.2) is 4.21 Å². The number of carboxylic acid groups (broad SMARTS) is 1. The molecule has 0 aliphatic carbocycles. The van der Waals surface area contributed by atoms with E-state index in [1.54, 1.807) is 6.26 Å². The summed E-state index contributed by atoms with van der Waals surface area (Å²) in [5.74, 6) is 0.652. The SMILES string of the molecule is Cc1ccc(-c2c(C)c3c(c(C)c2CC(=O)O)N(S(C)=O)Cc2cc(OCc4ccccc4OC4CCOCC4)ccc2-3)cc1. The molecular formula is C37H39NO6S. The maximum Gasteiger partial charge on any atom is 0.307 e. The van der Waals surface area contributed by atoms with Crippen LogP contribution in [-0.4, -0.2) is 40.9 Å². The fraction of sp³-hybridized carbons (Fsp3) is 0.324. The molecule has 8 heteroatoms. The van der Waals surface area contributed by atoms with Gasteiger partial charge in [0.1, 0.15) is 35.2 Å². The van der Waals surface area contributed by atoms with Crippen molar-refractivity contribution in [3.8, 4) is 33.8 Å². The number of fused-ring (bicyclic) bond motifs is 3. The van der Waals surface area contributed by atoms with Crippen LogP contribution in [0, 0.1) is 20.8 Å². The van der Waals surface area contributed by atoms with Gasteiger partial charge in [0.2, 0.25) is 0 Å². The minimum absolute atomic E-state index is 0.118. The van der Waals surface area contributed by atoms with Crippen molar-refractivity contribution in [3.05, 3.63) is 100 Å². The Morgan fingerprint density at radius 1 is 0.978 bits per heavy atom. The summed E-state index contributed by atoms with van der Waals surface area (Å²) in [7, 11) is -1.34. The molecule has 6 rings (SSSR count). The van der Waals surface area contributed by atoms with E-state index < -0.39 is 17.0 Å². The van der Waals surface area contributed by atoms with Gasteiger partial charge in [0.15, 0.2) is 0 Å². The Bertz CT molecular complexity index is 1760. The van der Waals surface area contributed by atoms with Crippen molar-refractivity contribution < 1.29 is 28.3 Å². The lowest BCUT2D eigenvalue weighted by molar-refractivity contribution is -0.136. The van der Waals surface area contributed by atoms with Crippen LogP contribution in [0.1, 0.15) is 46.2 Å². The summed E-state index contributed by atoms with van der Waals surface area (Å²) in [6, 6.07) is 22.3. The number of hydrogen-bond donors (Lipinski definition) is 1. The van der Waals surface area contributed by atoms with E-state index in [0.29, 0.717) is 26.4 Å². The van der Waals surface area contributed by atoms with Crippen LogP contribution in [0.3, 0.4) is 0 Å². The molecule has 0 aromatic heterocycles. The summed E-state index contributed by atoms with van der Waals surface area (Å²) in [6.45, 7) is 8.24. The second kappa shape index (κ2) is 13.1. The summed E-state index contributed by atoms with van der Waals surface area (Å²) >= 11 is 0. The zero-order valence-corrected chi connectivity index (χ0v) is 27.0. The van der Waals surface area contributed by atoms with Gasteiger partial charge in [-0.2, -0.15) is 0 Å². The Kier molecular flexibility index (Phi) is 8.97. The first kappa shape index (κ1) is 30.9. The molecule has 4 aromatic carbocycles. The van der Waals surface area contributed by atoms with Gasteiger partial charge in [0.25, 0.3) is 0 Å². The molecule has 1 fully saturated rings. The van der Waals surface area contributed by atoms with Gasteiger partial charge in [0.05, 0.1) is 31.9 Å². The van der Waals surface area contributed by atoms with E-state index in [1.807, 2.05) is 73.6 Å². The standard InChI is InChI=1S/C37H39NO6S/c1-23-9-11-26(12-10-23)35-25(3)36-31-14-13-30(43-22-27-7-5-6-8-33(27)44-29-15-17-42-18-16-29)19-28(31)21-38(45(4)41)37(36)24(2)32(35)20-34(39)40/h5-14,19,29H,15-18,20-22H2,1-4H3,(H,39,40). The number of aliphatic carboxylic acids is 1. The predicted molar refractivity (Wildman–Crippen MR) is 178 cm³/mol. The van der Waals surface area contributed by atoms with E-state index in [4.69, 9.17) is 14.2 Å². The lowest BCUT2D eigenvalue weighted by Gasteiger charge is -2.35. The minimum atomic E-state index is -1.34. The van der Waals surface area contributed by atoms with E-state index in [2.05, 4.69) is 18.2 Å². The molecule has 7 nitrogen and oxygen atoms in total. The number of hydrogen-bond acceptors (Lipinski definition) is 5. The number of aryl methyl sites for hydroxylation is 1. The molecule has 2 aliphatic heterocycles. The van der Waals surface area contributed by atoms with Crippen LogP contribution in [0.2, 0.25) is 0 Å². The molecule has 1 saturated heterocycles. The number of benzene rings is 4. The summed E-state index contributed by atoms with van der Waals surface area (Å²) in [6.07, 6.45) is 3.44. The molecule has 0 saturated carbocycles. The van der Waals surface area contributed by atoms with Crippen LogP contribution in [0.5, 0.6) is 11.5 Å². The third kappa shape index (κ3) is 6.35. The highest BCUT2D eigenvalue weighted by Gasteiger charge is 2.32. The summed E-state index contributed by atoms with van der Waals surface area (Å²) in [4.78, 5) is 12.1. The third-order valence-electron chi connectivity index (χ3n) is 8.81. The van der Waals surface area contributed by atoms with Crippen molar-refractivity contribution in [2.75, 3.05) is 23.8 Å². The van der Waals surface area contributed by atoms with E-state index in [1.165, 1.54) is 0 Å². The maximum atomic E-state index is 13.2. The van der Waals surface area contributed by atoms with Crippen LogP contribution < -0.4 is 13.8 Å². The Hall–Kier alpha value is -4.14. The fourth-order valence-electron chi connectivity index (χ4n) is 6.53. The third-order valence-corrected chi connectivity index (χ3v) is 9.75. The average molecular weight is 626 g/mol. The molecule has 234 valence electrons. The molecule has 0 radical (unpaired) electrons. The Morgan fingerprint density at radius 3 is 2.42 bits per heavy atom. The van der Waals surface area contributed by atoms with Crippen LogP contribution in [0.15, 0.2) is 66.7 Å². The number of rotatable bonds is 9. The van der Waals surface area contributed by atoms with Gasteiger partial charge < -0.3 is 19.3 Å². The molecule has 0 bridgehead atoms. The van der Waals surface area contributed by atoms with Crippen LogP contribution >= 0.6 is 0 Å². The van der Waals surface area contributed by atoms with Gasteiger partial charge in [-0.05, 0) is 77.9 Å². The summed E-state index contributed by atoms with van der Waals surface area (Å²) in [5, 5.41) is 9.90. The van der Waals surface area contributed by atoms with E-state index in [0.717, 1.165) is 85.7 Å². The molecule has 4 aromatic rings. The van der Waals surface area contributed by atoms with Gasteiger partial charge in [0, 0.05) is 30.2 Å². The minimum Gasteiger partial charge on any atom is -0.490 e. The second-order valence-corrected chi connectivity index (χ2v) is 13.2. The highest BCUT2D eigenvalue weighted by atomic mass is 32.2. The first-order chi connectivity index (χ1) is 21.7. The highest BCUT2D eigenvalue weighted by molar-refractivity contribution is 7.85. The van der Waals surface area contributed by atoms with Crippen LogP contribution in [0.4, 0.5) is 5.69 Å². The van der Waals surface area contributed by atoms with Gasteiger partial charge in [-0.15, -0.1) is 0 Å². The van der Waals surface area contributed by atoms with Crippen molar-refractivity contribution in [1.82, 2.24) is 0 Å². The molecular weight excluding hydrogens is 586 g/mol. The van der Waals surface area contributed by atoms with Gasteiger partial charge in [-0.3, -0.25) is 9.10 Å². The zero-order valence-electron chi connectivity index (χ0n) is 26.2. The lowest BCUT2D eigenvalue weighted by Crippen LogP contribution is -2.30. The summed E-state index contributed by atoms with van der Waals surface area (Å²) in [5.41, 5.74) is 10.4. The van der Waals surface area contributed by atoms with E-state index >= 15 is 0 Å². The molecule has 0 amide bonds. The highest BCUT2D eigenvalue weighted by Crippen LogP contribution is 2.49. The second-order valence-electron chi connectivity index (χ2n) is 11.9. The van der Waals surface area contributed by atoms with Gasteiger partial charge in [-0.1, -0.05) is 54.1 Å². The van der Waals surface area contributed by atoms with Crippen molar-refractivity contribution in [2.24, 2.45) is 0 Å². The fourth-order valence-corrected chi connectivity index (χ4v) is 7.34. The zero-order chi connectivity index (χ0) is 31.7. The number of para-hydroxylation sites is 1. The molecule has 1 atom stereocenters. The molecule has 1 N–H and O–H groups in total. The number of carbonyl (C=O) groups is 1. The maximum absolute atomic E-state index is 13.2. The monoisotopic (exact) mass is 625 g/mol. The van der Waals surface area contributed by atoms with Crippen molar-refractivity contribution in [3.63, 3.8) is 0 Å². The largest absolute Gasteiger partial charge is 0.490 e. The molecule has 2 heterocycles. The first-order valence-electron chi connectivity index (χ1n) is 15.4. The molecule has 1 unspecified atom stereocenters. The van der Waals surface area contributed by atoms with Crippen molar-refractivity contribution >= 4 is 22.6 Å². The summed E-state index contributed by atoms with van der Waals surface area (Å²) < 4.78 is 33.2. The van der Waals surface area contributed by atoms with Crippen LogP contribution in [0.25, 0.3) is 22.3 Å². The normalized spacial score (nSPS) is 15.2. The quantitative estimate of drug-likeness (QED) is 0.210. The smallest absolute Gasteiger partial charge is 0.307 e. The van der Waals surface area contributed by atoms with Gasteiger partial charge >= 0.3 is 5.97 Å². The Labute approximate surface area is 267 Å². The topological polar surface area (TPSA) is 85.3 Å². The lowest BCUT2D eigenvalue weighted by atomic mass is 9.81. The van der Waals surface area contributed by atoms with E-state index in [-0.39, 0.29) is 12.5 Å². The number of ether oxygens (including phenoxy) is 3. The van der Waals surface area contributed by atoms with E-state index in [9.17, 15) is 14.1 Å². The molecule has 2 aliphatic rings. The Morgan fingerprint density at radius 2 is 1.71 bits per heavy atom. The Balaban J connectivity index is 1.38. The van der Waals surface area contributed by atoms with Crippen molar-refractivity contribution in [2.45, 2.75) is 59.3 Å². The predicted octanol–water partition coefficient (Wildman–Crippen LogP) is 7.32.